The van der Waals surface area contributed by atoms with Crippen molar-refractivity contribution >= 4 is 5.97 Å². The van der Waals surface area contributed by atoms with Crippen LogP contribution in [-0.2, 0) is 17.8 Å². The molecule has 3 aromatic rings. The van der Waals surface area contributed by atoms with E-state index in [9.17, 15) is 18.0 Å². The van der Waals surface area contributed by atoms with Crippen LogP contribution in [0.2, 0.25) is 0 Å². The first-order chi connectivity index (χ1) is 14.6. The van der Waals surface area contributed by atoms with E-state index >= 15 is 0 Å². The Labute approximate surface area is 173 Å². The van der Waals surface area contributed by atoms with Gasteiger partial charge in [-0.05, 0) is 44.0 Å². The van der Waals surface area contributed by atoms with Gasteiger partial charge in [0.15, 0.2) is 0 Å². The van der Waals surface area contributed by atoms with Gasteiger partial charge in [-0.15, -0.1) is 0 Å². The molecule has 9 nitrogen and oxygen atoms in total. The number of pyridine rings is 2. The summed E-state index contributed by atoms with van der Waals surface area (Å²) in [6.07, 6.45) is -2.27. The second kappa shape index (κ2) is 8.68. The summed E-state index contributed by atoms with van der Waals surface area (Å²) in [6.45, 7) is 5.48. The minimum Gasteiger partial charge on any atom is -0.475 e. The fourth-order valence-corrected chi connectivity index (χ4v) is 3.12. The predicted octanol–water partition coefficient (Wildman–Crippen LogP) is 2.38. The molecule has 0 spiro atoms. The number of nitrogens with one attached hydrogen (secondary N) is 2. The third kappa shape index (κ3) is 5.15. The first kappa shape index (κ1) is 22.2. The highest BCUT2D eigenvalue weighted by molar-refractivity contribution is 5.73. The highest BCUT2D eigenvalue weighted by Gasteiger charge is 2.38. The van der Waals surface area contributed by atoms with Gasteiger partial charge < -0.3 is 19.9 Å². The Kier molecular flexibility index (Phi) is 6.20. The van der Waals surface area contributed by atoms with Crippen molar-refractivity contribution in [1.82, 2.24) is 25.4 Å². The van der Waals surface area contributed by atoms with Gasteiger partial charge in [0.1, 0.15) is 0 Å². The fourth-order valence-electron chi connectivity index (χ4n) is 3.12. The normalized spacial score (nSPS) is 13.2. The molecule has 0 saturated carbocycles. The monoisotopic (exact) mass is 437 g/mol. The Hall–Kier alpha value is -3.54. The van der Waals surface area contributed by atoms with Crippen LogP contribution in [0, 0.1) is 13.8 Å². The summed E-state index contributed by atoms with van der Waals surface area (Å²) in [5.74, 6) is -1.90. The summed E-state index contributed by atoms with van der Waals surface area (Å²) in [6, 6.07) is 3.27. The van der Waals surface area contributed by atoms with Gasteiger partial charge in [0.05, 0.1) is 0 Å². The van der Waals surface area contributed by atoms with Crippen LogP contribution in [0.15, 0.2) is 27.6 Å². The Balaban J connectivity index is 0.000000339. The number of carbonyl (C=O) groups is 1. The smallest absolute Gasteiger partial charge is 0.475 e. The third-order valence-corrected chi connectivity index (χ3v) is 4.45. The van der Waals surface area contributed by atoms with Crippen molar-refractivity contribution in [3.63, 3.8) is 0 Å². The molecule has 31 heavy (non-hydrogen) atoms. The highest BCUT2D eigenvalue weighted by atomic mass is 19.4. The van der Waals surface area contributed by atoms with Crippen LogP contribution in [0.4, 0.5) is 13.2 Å². The van der Waals surface area contributed by atoms with Crippen LogP contribution in [0.3, 0.4) is 0 Å². The van der Waals surface area contributed by atoms with Crippen LogP contribution in [0.5, 0.6) is 0 Å². The molecule has 3 N–H and O–H groups in total. The number of aryl methyl sites for hydroxylation is 2. The molecule has 4 rings (SSSR count). The van der Waals surface area contributed by atoms with E-state index in [1.807, 2.05) is 26.1 Å². The zero-order chi connectivity index (χ0) is 22.8. The van der Waals surface area contributed by atoms with E-state index in [-0.39, 0.29) is 5.56 Å². The van der Waals surface area contributed by atoms with Crippen molar-refractivity contribution < 1.29 is 27.6 Å². The van der Waals surface area contributed by atoms with Crippen LogP contribution in [0.1, 0.15) is 22.5 Å². The van der Waals surface area contributed by atoms with Gasteiger partial charge in [-0.25, -0.2) is 4.79 Å². The number of H-pyrrole nitrogens is 1. The van der Waals surface area contributed by atoms with Gasteiger partial charge in [-0.2, -0.15) is 18.2 Å². The first-order valence-electron chi connectivity index (χ1n) is 9.10. The van der Waals surface area contributed by atoms with Crippen LogP contribution >= 0.6 is 0 Å². The maximum Gasteiger partial charge on any atom is 0.490 e. The van der Waals surface area contributed by atoms with Crippen LogP contribution in [-0.4, -0.2) is 43.9 Å². The molecule has 0 aliphatic carbocycles. The van der Waals surface area contributed by atoms with Gasteiger partial charge >= 0.3 is 12.1 Å². The Morgan fingerprint density at radius 1 is 1.26 bits per heavy atom. The molecule has 12 heteroatoms. The van der Waals surface area contributed by atoms with Gasteiger partial charge in [0, 0.05) is 41.3 Å². The van der Waals surface area contributed by atoms with Crippen molar-refractivity contribution in [2.75, 3.05) is 6.54 Å². The van der Waals surface area contributed by atoms with E-state index in [0.29, 0.717) is 17.3 Å². The number of halogens is 3. The van der Waals surface area contributed by atoms with E-state index in [2.05, 4.69) is 25.4 Å². The number of hydrogen-bond acceptors (Lipinski definition) is 7. The van der Waals surface area contributed by atoms with Crippen molar-refractivity contribution in [2.24, 2.45) is 0 Å². The van der Waals surface area contributed by atoms with Crippen LogP contribution < -0.4 is 10.9 Å². The Morgan fingerprint density at radius 2 is 1.97 bits per heavy atom. The minimum absolute atomic E-state index is 0.189. The molecular weight excluding hydrogens is 419 g/mol. The average molecular weight is 437 g/mol. The topological polar surface area (TPSA) is 134 Å². The number of carboxylic acid groups (broad SMARTS) is 1. The number of alkyl halides is 3. The zero-order valence-electron chi connectivity index (χ0n) is 16.5. The number of aliphatic carboxylic acids is 1. The number of aromatic amines is 1. The maximum atomic E-state index is 11.6. The Morgan fingerprint density at radius 3 is 2.61 bits per heavy atom. The third-order valence-electron chi connectivity index (χ3n) is 4.45. The van der Waals surface area contributed by atoms with Crippen LogP contribution in [0.25, 0.3) is 22.8 Å². The number of nitrogens with zero attached hydrogens (tertiary/aromatic N) is 3. The number of carboxylic acids is 1. The number of aromatic nitrogens is 4. The molecule has 0 bridgehead atoms. The quantitative estimate of drug-likeness (QED) is 0.556. The molecule has 3 aromatic heterocycles. The summed E-state index contributed by atoms with van der Waals surface area (Å²) < 4.78 is 37.1. The first-order valence-corrected chi connectivity index (χ1v) is 9.10. The summed E-state index contributed by atoms with van der Waals surface area (Å²) in [7, 11) is 0. The fraction of sp³-hybridized carbons (Fsp3) is 0.316. The lowest BCUT2D eigenvalue weighted by atomic mass is 9.95. The molecule has 0 saturated heterocycles. The lowest BCUT2D eigenvalue weighted by molar-refractivity contribution is -0.192. The van der Waals surface area contributed by atoms with Crippen molar-refractivity contribution in [1.29, 1.82) is 0 Å². The molecule has 0 unspecified atom stereocenters. The molecular formula is C19H18F3N5O4. The second-order valence-electron chi connectivity index (χ2n) is 6.79. The molecule has 0 fully saturated rings. The van der Waals surface area contributed by atoms with Gasteiger partial charge in [-0.3, -0.25) is 9.78 Å². The average Bonchev–Trinajstić information content (AvgIpc) is 3.16. The van der Waals surface area contributed by atoms with Crippen molar-refractivity contribution in [3.8, 4) is 22.8 Å². The SMILES string of the molecule is Cc1cc(-c2nc(-c3c(C)ncc4c3CCNC4)no2)cc(=O)[nH]1.O=C(O)C(F)(F)F. The molecule has 4 heterocycles. The molecule has 164 valence electrons. The summed E-state index contributed by atoms with van der Waals surface area (Å²) in [5, 5.41) is 14.6. The molecule has 0 aromatic carbocycles. The second-order valence-corrected chi connectivity index (χ2v) is 6.79. The largest absolute Gasteiger partial charge is 0.490 e. The number of hydrogen-bond donors (Lipinski definition) is 3. The Bertz CT molecular complexity index is 1170. The lowest BCUT2D eigenvalue weighted by Gasteiger charge is -2.19. The van der Waals surface area contributed by atoms with E-state index in [1.54, 1.807) is 0 Å². The lowest BCUT2D eigenvalue weighted by Crippen LogP contribution is -2.24. The van der Waals surface area contributed by atoms with E-state index < -0.39 is 12.1 Å². The molecule has 0 atom stereocenters. The summed E-state index contributed by atoms with van der Waals surface area (Å²) in [5.41, 5.74) is 5.38. The number of fused-ring (bicyclic) bond motifs is 1. The standard InChI is InChI=1S/C17H17N5O2.C2HF3O2/c1-9-5-11(6-14(23)20-9)17-21-16(22-24-17)15-10(2)19-8-12-7-18-4-3-13(12)15;3-2(4,5)1(6)7/h5-6,8,18H,3-4,7H2,1-2H3,(H,20,23);(H,6,7). The van der Waals surface area contributed by atoms with Crippen molar-refractivity contribution in [2.45, 2.75) is 33.0 Å². The molecule has 1 aliphatic heterocycles. The highest BCUT2D eigenvalue weighted by Crippen LogP contribution is 2.30. The minimum atomic E-state index is -5.08. The predicted molar refractivity (Wildman–Crippen MR) is 102 cm³/mol. The number of rotatable bonds is 2. The molecule has 0 radical (unpaired) electrons. The van der Waals surface area contributed by atoms with Gasteiger partial charge in [-0.1, -0.05) is 5.16 Å². The summed E-state index contributed by atoms with van der Waals surface area (Å²) >= 11 is 0. The maximum absolute atomic E-state index is 11.6. The zero-order valence-corrected chi connectivity index (χ0v) is 16.5. The summed E-state index contributed by atoms with van der Waals surface area (Å²) in [4.78, 5) is 32.2. The molecule has 0 amide bonds. The van der Waals surface area contributed by atoms with Gasteiger partial charge in [0.25, 0.3) is 5.89 Å². The van der Waals surface area contributed by atoms with E-state index in [4.69, 9.17) is 14.4 Å². The van der Waals surface area contributed by atoms with Crippen molar-refractivity contribution in [3.05, 3.63) is 51.2 Å². The van der Waals surface area contributed by atoms with E-state index in [0.717, 1.165) is 36.5 Å². The molecule has 1 aliphatic rings. The van der Waals surface area contributed by atoms with E-state index in [1.165, 1.54) is 17.2 Å². The van der Waals surface area contributed by atoms with Gasteiger partial charge in [0.2, 0.25) is 11.4 Å².